The van der Waals surface area contributed by atoms with Gasteiger partial charge in [0.05, 0.1) is 5.02 Å². The second-order valence-electron chi connectivity index (χ2n) is 4.56. The quantitative estimate of drug-likeness (QED) is 0.877. The zero-order valence-corrected chi connectivity index (χ0v) is 10.4. The molecule has 1 atom stereocenters. The van der Waals surface area contributed by atoms with E-state index in [-0.39, 0.29) is 5.75 Å². The van der Waals surface area contributed by atoms with Crippen LogP contribution in [0.15, 0.2) is 18.2 Å². The Hall–Kier alpha value is -0.730. The Balaban J connectivity index is 1.91. The predicted octanol–water partition coefficient (Wildman–Crippen LogP) is 3.07. The molecule has 1 aliphatic heterocycles. The van der Waals surface area contributed by atoms with Gasteiger partial charge in [0.1, 0.15) is 5.75 Å². The first-order chi connectivity index (χ1) is 7.66. The predicted molar refractivity (Wildman–Crippen MR) is 67.1 cm³/mol. The first-order valence-corrected chi connectivity index (χ1v) is 6.26. The minimum atomic E-state index is 0.167. The number of hydrogen-bond donors (Lipinski definition) is 1. The molecule has 0 aromatic heterocycles. The van der Waals surface area contributed by atoms with E-state index in [9.17, 15) is 5.11 Å². The van der Waals surface area contributed by atoms with Crippen molar-refractivity contribution in [2.75, 3.05) is 13.1 Å². The lowest BCUT2D eigenvalue weighted by atomic mass is 10.1. The second-order valence-corrected chi connectivity index (χ2v) is 4.97. The molecular formula is C13H18ClNO. The Morgan fingerprint density at radius 2 is 2.31 bits per heavy atom. The lowest BCUT2D eigenvalue weighted by Crippen LogP contribution is -2.28. The van der Waals surface area contributed by atoms with Gasteiger partial charge in [-0.2, -0.15) is 0 Å². The monoisotopic (exact) mass is 239 g/mol. The van der Waals surface area contributed by atoms with Gasteiger partial charge in [-0.25, -0.2) is 0 Å². The van der Waals surface area contributed by atoms with Gasteiger partial charge in [-0.05, 0) is 50.4 Å². The van der Waals surface area contributed by atoms with Crippen LogP contribution in [-0.2, 0) is 6.42 Å². The van der Waals surface area contributed by atoms with E-state index >= 15 is 0 Å². The van der Waals surface area contributed by atoms with E-state index in [1.807, 2.05) is 12.1 Å². The normalized spacial score (nSPS) is 21.5. The fraction of sp³-hybridized carbons (Fsp3) is 0.538. The third kappa shape index (κ3) is 2.69. The number of aromatic hydroxyl groups is 1. The summed E-state index contributed by atoms with van der Waals surface area (Å²) in [6.07, 6.45) is 3.64. The van der Waals surface area contributed by atoms with Gasteiger partial charge >= 0.3 is 0 Å². The number of rotatable bonds is 3. The van der Waals surface area contributed by atoms with Crippen molar-refractivity contribution in [2.45, 2.75) is 32.2 Å². The molecule has 2 rings (SSSR count). The Morgan fingerprint density at radius 1 is 1.50 bits per heavy atom. The van der Waals surface area contributed by atoms with Crippen molar-refractivity contribution < 1.29 is 5.11 Å². The van der Waals surface area contributed by atoms with Crippen LogP contribution in [-0.4, -0.2) is 29.1 Å². The first kappa shape index (κ1) is 11.7. The minimum absolute atomic E-state index is 0.167. The molecule has 1 aliphatic rings. The lowest BCUT2D eigenvalue weighted by molar-refractivity contribution is 0.272. The number of hydrogen-bond acceptors (Lipinski definition) is 2. The zero-order chi connectivity index (χ0) is 11.5. The van der Waals surface area contributed by atoms with E-state index < -0.39 is 0 Å². The molecule has 0 radical (unpaired) electrons. The Labute approximate surface area is 102 Å². The molecule has 0 saturated carbocycles. The third-order valence-corrected chi connectivity index (χ3v) is 3.69. The van der Waals surface area contributed by atoms with E-state index in [0.29, 0.717) is 11.1 Å². The van der Waals surface area contributed by atoms with Crippen LogP contribution in [0.2, 0.25) is 5.02 Å². The molecule has 1 heterocycles. The minimum Gasteiger partial charge on any atom is -0.506 e. The van der Waals surface area contributed by atoms with Crippen molar-refractivity contribution in [3.8, 4) is 5.75 Å². The maximum atomic E-state index is 9.32. The van der Waals surface area contributed by atoms with Gasteiger partial charge in [0.25, 0.3) is 0 Å². The highest BCUT2D eigenvalue weighted by Gasteiger charge is 2.19. The average Bonchev–Trinajstić information content (AvgIpc) is 2.66. The van der Waals surface area contributed by atoms with E-state index in [0.717, 1.165) is 13.0 Å². The summed E-state index contributed by atoms with van der Waals surface area (Å²) in [6, 6.07) is 6.19. The van der Waals surface area contributed by atoms with Gasteiger partial charge < -0.3 is 10.0 Å². The Bertz CT molecular complexity index is 367. The molecular weight excluding hydrogens is 222 g/mol. The molecule has 1 aromatic carbocycles. The number of nitrogens with zero attached hydrogens (tertiary/aromatic N) is 1. The fourth-order valence-corrected chi connectivity index (χ4v) is 2.51. The molecule has 3 heteroatoms. The van der Waals surface area contributed by atoms with Gasteiger partial charge in [0, 0.05) is 12.6 Å². The summed E-state index contributed by atoms with van der Waals surface area (Å²) in [4.78, 5) is 2.51. The maximum absolute atomic E-state index is 9.32. The summed E-state index contributed by atoms with van der Waals surface area (Å²) in [5, 5.41) is 9.77. The standard InChI is InChI=1S/C13H18ClNO/c1-10-3-2-7-15(10)8-6-11-4-5-13(16)12(14)9-11/h4-5,9-10,16H,2-3,6-8H2,1H3. The van der Waals surface area contributed by atoms with Crippen molar-refractivity contribution in [2.24, 2.45) is 0 Å². The molecule has 0 bridgehead atoms. The van der Waals surface area contributed by atoms with E-state index in [4.69, 9.17) is 11.6 Å². The summed E-state index contributed by atoms with van der Waals surface area (Å²) in [7, 11) is 0. The summed E-state index contributed by atoms with van der Waals surface area (Å²) in [5.74, 6) is 0.167. The summed E-state index contributed by atoms with van der Waals surface area (Å²) >= 11 is 5.87. The Morgan fingerprint density at radius 3 is 2.94 bits per heavy atom. The van der Waals surface area contributed by atoms with Crippen molar-refractivity contribution in [1.82, 2.24) is 4.90 Å². The van der Waals surface area contributed by atoms with Crippen LogP contribution in [0.5, 0.6) is 5.75 Å². The van der Waals surface area contributed by atoms with Crippen molar-refractivity contribution >= 4 is 11.6 Å². The largest absolute Gasteiger partial charge is 0.506 e. The molecule has 1 fully saturated rings. The summed E-state index contributed by atoms with van der Waals surface area (Å²) in [5.41, 5.74) is 1.20. The molecule has 1 saturated heterocycles. The van der Waals surface area contributed by atoms with E-state index in [1.54, 1.807) is 6.07 Å². The van der Waals surface area contributed by atoms with Gasteiger partial charge in [0.2, 0.25) is 0 Å². The number of benzene rings is 1. The third-order valence-electron chi connectivity index (χ3n) is 3.39. The number of phenols is 1. The maximum Gasteiger partial charge on any atom is 0.134 e. The molecule has 0 amide bonds. The van der Waals surface area contributed by atoms with Crippen molar-refractivity contribution in [3.05, 3.63) is 28.8 Å². The first-order valence-electron chi connectivity index (χ1n) is 5.88. The van der Waals surface area contributed by atoms with E-state index in [1.165, 1.54) is 24.9 Å². The van der Waals surface area contributed by atoms with E-state index in [2.05, 4.69) is 11.8 Å². The molecule has 1 N–H and O–H groups in total. The van der Waals surface area contributed by atoms with Gasteiger partial charge in [-0.3, -0.25) is 0 Å². The second kappa shape index (κ2) is 5.07. The van der Waals surface area contributed by atoms with Crippen LogP contribution in [0.4, 0.5) is 0 Å². The van der Waals surface area contributed by atoms with Gasteiger partial charge in [-0.1, -0.05) is 17.7 Å². The van der Waals surface area contributed by atoms with Crippen LogP contribution in [0.25, 0.3) is 0 Å². The number of halogens is 1. The molecule has 2 nitrogen and oxygen atoms in total. The van der Waals surface area contributed by atoms with Gasteiger partial charge in [-0.15, -0.1) is 0 Å². The molecule has 1 unspecified atom stereocenters. The summed E-state index contributed by atoms with van der Waals surface area (Å²) < 4.78 is 0. The summed E-state index contributed by atoms with van der Waals surface area (Å²) in [6.45, 7) is 4.59. The average molecular weight is 240 g/mol. The number of phenolic OH excluding ortho intramolecular Hbond substituents is 1. The highest BCUT2D eigenvalue weighted by Crippen LogP contribution is 2.24. The molecule has 0 aliphatic carbocycles. The van der Waals surface area contributed by atoms with Crippen LogP contribution in [0.3, 0.4) is 0 Å². The highest BCUT2D eigenvalue weighted by atomic mass is 35.5. The van der Waals surface area contributed by atoms with Crippen LogP contribution >= 0.6 is 11.6 Å². The molecule has 1 aromatic rings. The van der Waals surface area contributed by atoms with Crippen molar-refractivity contribution in [1.29, 1.82) is 0 Å². The topological polar surface area (TPSA) is 23.5 Å². The molecule has 88 valence electrons. The van der Waals surface area contributed by atoms with Gasteiger partial charge in [0.15, 0.2) is 0 Å². The number of likely N-dealkylation sites (tertiary alicyclic amines) is 1. The van der Waals surface area contributed by atoms with Crippen molar-refractivity contribution in [3.63, 3.8) is 0 Å². The van der Waals surface area contributed by atoms with Crippen LogP contribution < -0.4 is 0 Å². The Kier molecular flexibility index (Phi) is 3.72. The SMILES string of the molecule is CC1CCCN1CCc1ccc(O)c(Cl)c1. The fourth-order valence-electron chi connectivity index (χ4n) is 2.30. The zero-order valence-electron chi connectivity index (χ0n) is 9.62. The van der Waals surface area contributed by atoms with Crippen LogP contribution in [0.1, 0.15) is 25.3 Å². The molecule has 16 heavy (non-hydrogen) atoms. The highest BCUT2D eigenvalue weighted by molar-refractivity contribution is 6.32. The lowest BCUT2D eigenvalue weighted by Gasteiger charge is -2.20. The molecule has 0 spiro atoms. The smallest absolute Gasteiger partial charge is 0.134 e. The van der Waals surface area contributed by atoms with Crippen LogP contribution in [0, 0.1) is 0 Å².